The van der Waals surface area contributed by atoms with Gasteiger partial charge in [-0.2, -0.15) is 4.31 Å². The molecule has 114 valence electrons. The highest BCUT2D eigenvalue weighted by molar-refractivity contribution is 7.89. The number of furan rings is 1. The Morgan fingerprint density at radius 1 is 1.29 bits per heavy atom. The van der Waals surface area contributed by atoms with Crippen LogP contribution < -0.4 is 5.73 Å². The van der Waals surface area contributed by atoms with Gasteiger partial charge in [0.2, 0.25) is 10.0 Å². The van der Waals surface area contributed by atoms with Crippen LogP contribution in [0.25, 0.3) is 0 Å². The maximum absolute atomic E-state index is 12.5. The number of aryl methyl sites for hydroxylation is 1. The van der Waals surface area contributed by atoms with Gasteiger partial charge in [0, 0.05) is 13.6 Å². The van der Waals surface area contributed by atoms with Crippen LogP contribution in [0.5, 0.6) is 0 Å². The molecule has 0 fully saturated rings. The molecule has 0 atom stereocenters. The predicted octanol–water partition coefficient (Wildman–Crippen LogP) is 2.52. The molecule has 0 saturated carbocycles. The third kappa shape index (κ3) is 3.47. The van der Waals surface area contributed by atoms with Gasteiger partial charge in [-0.1, -0.05) is 17.7 Å². The molecule has 0 amide bonds. The topological polar surface area (TPSA) is 76.5 Å². The van der Waals surface area contributed by atoms with Crippen LogP contribution in [0.4, 0.5) is 0 Å². The molecule has 2 aromatic rings. The predicted molar refractivity (Wildman–Crippen MR) is 81.4 cm³/mol. The summed E-state index contributed by atoms with van der Waals surface area (Å²) in [5.41, 5.74) is 6.29. The van der Waals surface area contributed by atoms with Crippen LogP contribution in [-0.2, 0) is 23.1 Å². The van der Waals surface area contributed by atoms with E-state index in [1.165, 1.54) is 17.4 Å². The Hall–Kier alpha value is -1.34. The molecule has 1 heterocycles. The molecule has 0 radical (unpaired) electrons. The summed E-state index contributed by atoms with van der Waals surface area (Å²) >= 11 is 6.06. The average molecular weight is 329 g/mol. The smallest absolute Gasteiger partial charge is 0.244 e. The Morgan fingerprint density at radius 3 is 2.52 bits per heavy atom. The fourth-order valence-electron chi connectivity index (χ4n) is 1.92. The maximum atomic E-state index is 12.5. The zero-order valence-electron chi connectivity index (χ0n) is 11.8. The van der Waals surface area contributed by atoms with Gasteiger partial charge in [-0.05, 0) is 36.8 Å². The second-order valence-electron chi connectivity index (χ2n) is 4.74. The van der Waals surface area contributed by atoms with E-state index in [4.69, 9.17) is 21.8 Å². The Labute approximate surface area is 129 Å². The fraction of sp³-hybridized carbons (Fsp3) is 0.286. The monoisotopic (exact) mass is 328 g/mol. The van der Waals surface area contributed by atoms with Crippen molar-refractivity contribution in [2.45, 2.75) is 24.9 Å². The fourth-order valence-corrected chi connectivity index (χ4v) is 3.60. The third-order valence-electron chi connectivity index (χ3n) is 3.09. The molecule has 2 rings (SSSR count). The van der Waals surface area contributed by atoms with E-state index in [-0.39, 0.29) is 16.5 Å². The standard InChI is InChI=1S/C14H17ClN2O3S/c1-10-3-5-12(20-10)9-17(2)21(18,19)14-6-4-11(8-16)7-13(14)15/h3-7H,8-9,16H2,1-2H3. The first-order valence-electron chi connectivity index (χ1n) is 6.34. The lowest BCUT2D eigenvalue weighted by atomic mass is 10.2. The first-order valence-corrected chi connectivity index (χ1v) is 8.16. The number of nitrogens with zero attached hydrogens (tertiary/aromatic N) is 1. The molecule has 21 heavy (non-hydrogen) atoms. The highest BCUT2D eigenvalue weighted by Gasteiger charge is 2.24. The summed E-state index contributed by atoms with van der Waals surface area (Å²) in [6.45, 7) is 2.26. The number of halogens is 1. The van der Waals surface area contributed by atoms with Crippen LogP contribution in [-0.4, -0.2) is 19.8 Å². The molecular formula is C14H17ClN2O3S. The van der Waals surface area contributed by atoms with Crippen LogP contribution in [0.1, 0.15) is 17.1 Å². The van der Waals surface area contributed by atoms with Crippen molar-refractivity contribution in [2.24, 2.45) is 5.73 Å². The summed E-state index contributed by atoms with van der Waals surface area (Å²) in [5, 5.41) is 0.167. The molecule has 1 aromatic heterocycles. The lowest BCUT2D eigenvalue weighted by Gasteiger charge is -2.17. The van der Waals surface area contributed by atoms with E-state index < -0.39 is 10.0 Å². The van der Waals surface area contributed by atoms with Crippen molar-refractivity contribution in [3.05, 3.63) is 52.4 Å². The SMILES string of the molecule is Cc1ccc(CN(C)S(=O)(=O)c2ccc(CN)cc2Cl)o1. The van der Waals surface area contributed by atoms with Crippen LogP contribution in [0.3, 0.4) is 0 Å². The van der Waals surface area contributed by atoms with E-state index in [1.54, 1.807) is 31.2 Å². The quantitative estimate of drug-likeness (QED) is 0.915. The normalized spacial score (nSPS) is 12.0. The lowest BCUT2D eigenvalue weighted by Crippen LogP contribution is -2.26. The van der Waals surface area contributed by atoms with Crippen LogP contribution >= 0.6 is 11.6 Å². The second-order valence-corrected chi connectivity index (χ2v) is 7.16. The van der Waals surface area contributed by atoms with Crippen molar-refractivity contribution >= 4 is 21.6 Å². The first kappa shape index (κ1) is 16.0. The number of benzene rings is 1. The van der Waals surface area contributed by atoms with Crippen LogP contribution in [0.15, 0.2) is 39.6 Å². The molecule has 7 heteroatoms. The van der Waals surface area contributed by atoms with Gasteiger partial charge in [0.1, 0.15) is 16.4 Å². The van der Waals surface area contributed by atoms with E-state index >= 15 is 0 Å². The Balaban J connectivity index is 2.28. The molecule has 0 aliphatic rings. The maximum Gasteiger partial charge on any atom is 0.244 e. The van der Waals surface area contributed by atoms with Crippen LogP contribution in [0, 0.1) is 6.92 Å². The highest BCUT2D eigenvalue weighted by Crippen LogP contribution is 2.26. The van der Waals surface area contributed by atoms with Gasteiger partial charge >= 0.3 is 0 Å². The molecule has 5 nitrogen and oxygen atoms in total. The molecule has 0 saturated heterocycles. The van der Waals surface area contributed by atoms with Gasteiger partial charge in [-0.3, -0.25) is 0 Å². The van der Waals surface area contributed by atoms with Gasteiger partial charge in [0.05, 0.1) is 11.6 Å². The van der Waals surface area contributed by atoms with Crippen molar-refractivity contribution in [1.82, 2.24) is 4.31 Å². The first-order chi connectivity index (χ1) is 9.84. The number of rotatable bonds is 5. The van der Waals surface area contributed by atoms with E-state index in [2.05, 4.69) is 0 Å². The molecule has 0 aliphatic carbocycles. The minimum Gasteiger partial charge on any atom is -0.465 e. The number of nitrogens with two attached hydrogens (primary N) is 1. The Morgan fingerprint density at radius 2 is 2.00 bits per heavy atom. The van der Waals surface area contributed by atoms with E-state index in [9.17, 15) is 8.42 Å². The number of hydrogen-bond acceptors (Lipinski definition) is 4. The van der Waals surface area contributed by atoms with Crippen LogP contribution in [0.2, 0.25) is 5.02 Å². The van der Waals surface area contributed by atoms with Crippen molar-refractivity contribution in [3.63, 3.8) is 0 Å². The highest BCUT2D eigenvalue weighted by atomic mass is 35.5. The minimum absolute atomic E-state index is 0.0622. The van der Waals surface area contributed by atoms with E-state index in [0.717, 1.165) is 11.3 Å². The molecule has 0 unspecified atom stereocenters. The number of hydrogen-bond donors (Lipinski definition) is 1. The van der Waals surface area contributed by atoms with Crippen molar-refractivity contribution in [3.8, 4) is 0 Å². The summed E-state index contributed by atoms with van der Waals surface area (Å²) in [6, 6.07) is 8.24. The summed E-state index contributed by atoms with van der Waals surface area (Å²) in [4.78, 5) is 0.0622. The Bertz CT molecular complexity index is 740. The summed E-state index contributed by atoms with van der Waals surface area (Å²) in [5.74, 6) is 1.31. The largest absolute Gasteiger partial charge is 0.465 e. The number of sulfonamides is 1. The molecule has 1 aromatic carbocycles. The van der Waals surface area contributed by atoms with Gasteiger partial charge < -0.3 is 10.2 Å². The third-order valence-corrected chi connectivity index (χ3v) is 5.38. The molecule has 0 bridgehead atoms. The zero-order chi connectivity index (χ0) is 15.6. The van der Waals surface area contributed by atoms with E-state index in [1.807, 2.05) is 0 Å². The van der Waals surface area contributed by atoms with Crippen molar-refractivity contribution < 1.29 is 12.8 Å². The molecular weight excluding hydrogens is 312 g/mol. The zero-order valence-corrected chi connectivity index (χ0v) is 13.4. The lowest BCUT2D eigenvalue weighted by molar-refractivity contribution is 0.397. The molecule has 2 N–H and O–H groups in total. The van der Waals surface area contributed by atoms with Crippen molar-refractivity contribution in [2.75, 3.05) is 7.05 Å². The molecule has 0 spiro atoms. The summed E-state index contributed by atoms with van der Waals surface area (Å²) < 4.78 is 31.7. The molecule has 0 aliphatic heterocycles. The average Bonchev–Trinajstić information content (AvgIpc) is 2.83. The van der Waals surface area contributed by atoms with Gasteiger partial charge in [-0.15, -0.1) is 0 Å². The van der Waals surface area contributed by atoms with Gasteiger partial charge in [0.15, 0.2) is 0 Å². The second kappa shape index (κ2) is 6.19. The summed E-state index contributed by atoms with van der Waals surface area (Å²) in [6.07, 6.45) is 0. The van der Waals surface area contributed by atoms with E-state index in [0.29, 0.717) is 12.3 Å². The van der Waals surface area contributed by atoms with Gasteiger partial charge in [0.25, 0.3) is 0 Å². The van der Waals surface area contributed by atoms with Crippen molar-refractivity contribution in [1.29, 1.82) is 0 Å². The summed E-state index contributed by atoms with van der Waals surface area (Å²) in [7, 11) is -2.20. The van der Waals surface area contributed by atoms with Gasteiger partial charge in [-0.25, -0.2) is 8.42 Å². The Kier molecular flexibility index (Phi) is 4.73. The minimum atomic E-state index is -3.68.